The van der Waals surface area contributed by atoms with Crippen molar-refractivity contribution >= 4 is 0 Å². The van der Waals surface area contributed by atoms with Crippen LogP contribution in [0.3, 0.4) is 0 Å². The van der Waals surface area contributed by atoms with Gasteiger partial charge < -0.3 is 11.5 Å². The molecular formula is C14H34N2. The van der Waals surface area contributed by atoms with E-state index in [2.05, 4.69) is 27.7 Å². The molecule has 100 valence electrons. The molecule has 0 rings (SSSR count). The van der Waals surface area contributed by atoms with Crippen molar-refractivity contribution in [3.63, 3.8) is 0 Å². The molecule has 0 aromatic heterocycles. The first-order chi connectivity index (χ1) is 7.58. The lowest BCUT2D eigenvalue weighted by Gasteiger charge is -2.04. The van der Waals surface area contributed by atoms with Gasteiger partial charge in [-0.3, -0.25) is 0 Å². The highest BCUT2D eigenvalue weighted by Crippen LogP contribution is 2.00. The molecule has 16 heavy (non-hydrogen) atoms. The third-order valence-electron chi connectivity index (χ3n) is 2.72. The van der Waals surface area contributed by atoms with Crippen LogP contribution in [0, 0.1) is 0 Å². The summed E-state index contributed by atoms with van der Waals surface area (Å²) in [7, 11) is 0. The number of hydrogen-bond acceptors (Lipinski definition) is 2. The van der Waals surface area contributed by atoms with Crippen molar-refractivity contribution in [2.75, 3.05) is 0 Å². The molecule has 4 N–H and O–H groups in total. The molecule has 0 aromatic carbocycles. The van der Waals surface area contributed by atoms with E-state index in [1.54, 1.807) is 0 Å². The molecule has 0 amide bonds. The predicted octanol–water partition coefficient (Wildman–Crippen LogP) is 3.83. The normalized spacial score (nSPS) is 13.9. The van der Waals surface area contributed by atoms with Gasteiger partial charge in [0.15, 0.2) is 0 Å². The summed E-state index contributed by atoms with van der Waals surface area (Å²) in [6, 6.07) is 0.858. The van der Waals surface area contributed by atoms with E-state index in [0.717, 1.165) is 6.42 Å². The number of rotatable bonds is 8. The molecule has 0 aliphatic carbocycles. The van der Waals surface area contributed by atoms with Gasteiger partial charge in [0, 0.05) is 12.1 Å². The fourth-order valence-corrected chi connectivity index (χ4v) is 1.39. The third kappa shape index (κ3) is 19.5. The van der Waals surface area contributed by atoms with Gasteiger partial charge in [0.1, 0.15) is 0 Å². The second kappa shape index (κ2) is 14.9. The van der Waals surface area contributed by atoms with Gasteiger partial charge in [-0.2, -0.15) is 0 Å². The summed E-state index contributed by atoms with van der Waals surface area (Å²) in [4.78, 5) is 0. The molecule has 0 bridgehead atoms. The molecule has 2 atom stereocenters. The highest BCUT2D eigenvalue weighted by atomic mass is 14.6. The Labute approximate surface area is 103 Å². The summed E-state index contributed by atoms with van der Waals surface area (Å²) in [6.07, 6.45) is 10.0. The summed E-state index contributed by atoms with van der Waals surface area (Å²) in [5, 5.41) is 0. The summed E-state index contributed by atoms with van der Waals surface area (Å²) < 4.78 is 0. The fourth-order valence-electron chi connectivity index (χ4n) is 1.39. The molecule has 2 nitrogen and oxygen atoms in total. The first kappa shape index (κ1) is 18.3. The minimum Gasteiger partial charge on any atom is -0.328 e. The van der Waals surface area contributed by atoms with Gasteiger partial charge in [-0.15, -0.1) is 0 Å². The Bertz CT molecular complexity index is 113. The van der Waals surface area contributed by atoms with Crippen molar-refractivity contribution in [1.29, 1.82) is 0 Å². The lowest BCUT2D eigenvalue weighted by molar-refractivity contribution is 0.562. The zero-order chi connectivity index (χ0) is 12.8. The van der Waals surface area contributed by atoms with Crippen LogP contribution in [-0.2, 0) is 0 Å². The highest BCUT2D eigenvalue weighted by molar-refractivity contribution is 4.56. The molecule has 2 unspecified atom stereocenters. The average Bonchev–Trinajstić information content (AvgIpc) is 2.26. The van der Waals surface area contributed by atoms with E-state index in [4.69, 9.17) is 11.5 Å². The smallest absolute Gasteiger partial charge is 0.00362 e. The number of hydrogen-bond donors (Lipinski definition) is 2. The molecule has 0 spiro atoms. The van der Waals surface area contributed by atoms with E-state index in [1.807, 2.05) is 0 Å². The van der Waals surface area contributed by atoms with Crippen molar-refractivity contribution in [2.45, 2.75) is 91.1 Å². The molecule has 0 fully saturated rings. The molecule has 0 aliphatic heterocycles. The SMILES string of the molecule is CCCCC(N)CC.CCCCCC(C)N. The maximum absolute atomic E-state index is 5.66. The van der Waals surface area contributed by atoms with Crippen LogP contribution in [-0.4, -0.2) is 12.1 Å². The van der Waals surface area contributed by atoms with Gasteiger partial charge in [0.25, 0.3) is 0 Å². The number of nitrogens with two attached hydrogens (primary N) is 2. The summed E-state index contributed by atoms with van der Waals surface area (Å²) in [5.41, 5.74) is 11.2. The van der Waals surface area contributed by atoms with Gasteiger partial charge in [0.05, 0.1) is 0 Å². The Morgan fingerprint density at radius 3 is 1.75 bits per heavy atom. The van der Waals surface area contributed by atoms with Crippen LogP contribution in [0.15, 0.2) is 0 Å². The predicted molar refractivity (Wildman–Crippen MR) is 75.6 cm³/mol. The van der Waals surface area contributed by atoms with Crippen LogP contribution in [0.2, 0.25) is 0 Å². The molecular weight excluding hydrogens is 196 g/mol. The summed E-state index contributed by atoms with van der Waals surface area (Å²) in [5.74, 6) is 0. The van der Waals surface area contributed by atoms with Crippen LogP contribution in [0.1, 0.15) is 79.1 Å². The Morgan fingerprint density at radius 1 is 0.812 bits per heavy atom. The minimum absolute atomic E-state index is 0.404. The van der Waals surface area contributed by atoms with Crippen LogP contribution in [0.25, 0.3) is 0 Å². The van der Waals surface area contributed by atoms with E-state index in [-0.39, 0.29) is 0 Å². The van der Waals surface area contributed by atoms with Crippen molar-refractivity contribution < 1.29 is 0 Å². The fraction of sp³-hybridized carbons (Fsp3) is 1.00. The quantitative estimate of drug-likeness (QED) is 0.623. The van der Waals surface area contributed by atoms with Crippen molar-refractivity contribution in [1.82, 2.24) is 0 Å². The topological polar surface area (TPSA) is 52.0 Å². The first-order valence-electron chi connectivity index (χ1n) is 7.09. The highest BCUT2D eigenvalue weighted by Gasteiger charge is 1.94. The molecule has 0 aliphatic rings. The van der Waals surface area contributed by atoms with E-state index >= 15 is 0 Å². The Kier molecular flexibility index (Phi) is 17.1. The lowest BCUT2D eigenvalue weighted by atomic mass is 10.1. The van der Waals surface area contributed by atoms with Crippen molar-refractivity contribution in [3.05, 3.63) is 0 Å². The Hall–Kier alpha value is -0.0800. The zero-order valence-corrected chi connectivity index (χ0v) is 12.0. The summed E-state index contributed by atoms with van der Waals surface area (Å²) in [6.45, 7) is 8.61. The van der Waals surface area contributed by atoms with Gasteiger partial charge in [-0.25, -0.2) is 0 Å². The Morgan fingerprint density at radius 2 is 1.38 bits per heavy atom. The standard InChI is InChI=1S/2C7H17N/c1-3-4-5-6-7(2)8;1-3-5-6-7(8)4-2/h2*7H,3-6,8H2,1-2H3. The van der Waals surface area contributed by atoms with Crippen LogP contribution in [0.5, 0.6) is 0 Å². The monoisotopic (exact) mass is 230 g/mol. The van der Waals surface area contributed by atoms with Crippen molar-refractivity contribution in [3.8, 4) is 0 Å². The van der Waals surface area contributed by atoms with Gasteiger partial charge in [-0.05, 0) is 26.2 Å². The zero-order valence-electron chi connectivity index (χ0n) is 12.0. The van der Waals surface area contributed by atoms with Crippen molar-refractivity contribution in [2.24, 2.45) is 11.5 Å². The van der Waals surface area contributed by atoms with Gasteiger partial charge in [-0.1, -0.05) is 52.9 Å². The summed E-state index contributed by atoms with van der Waals surface area (Å²) >= 11 is 0. The van der Waals surface area contributed by atoms with E-state index in [0.29, 0.717) is 12.1 Å². The van der Waals surface area contributed by atoms with E-state index in [9.17, 15) is 0 Å². The van der Waals surface area contributed by atoms with Crippen LogP contribution in [0.4, 0.5) is 0 Å². The maximum atomic E-state index is 5.66. The third-order valence-corrected chi connectivity index (χ3v) is 2.72. The molecule has 0 radical (unpaired) electrons. The van der Waals surface area contributed by atoms with E-state index < -0.39 is 0 Å². The lowest BCUT2D eigenvalue weighted by Crippen LogP contribution is -2.17. The van der Waals surface area contributed by atoms with E-state index in [1.165, 1.54) is 44.9 Å². The van der Waals surface area contributed by atoms with Gasteiger partial charge >= 0.3 is 0 Å². The second-order valence-corrected chi connectivity index (χ2v) is 4.78. The molecule has 0 saturated heterocycles. The molecule has 0 saturated carbocycles. The Balaban J connectivity index is 0. The van der Waals surface area contributed by atoms with Crippen LogP contribution >= 0.6 is 0 Å². The average molecular weight is 230 g/mol. The maximum Gasteiger partial charge on any atom is 0.00362 e. The molecule has 2 heteroatoms. The van der Waals surface area contributed by atoms with Gasteiger partial charge in [0.2, 0.25) is 0 Å². The largest absolute Gasteiger partial charge is 0.328 e. The minimum atomic E-state index is 0.404. The number of unbranched alkanes of at least 4 members (excludes halogenated alkanes) is 3. The van der Waals surface area contributed by atoms with Crippen LogP contribution < -0.4 is 11.5 Å². The molecule has 0 aromatic rings. The molecule has 0 heterocycles. The first-order valence-corrected chi connectivity index (χ1v) is 7.09. The second-order valence-electron chi connectivity index (χ2n) is 4.78.